The van der Waals surface area contributed by atoms with Crippen LogP contribution in [0.2, 0.25) is 0 Å². The largest absolute Gasteiger partial charge is 0.479 e. The number of halogens is 2. The van der Waals surface area contributed by atoms with Crippen molar-refractivity contribution < 1.29 is 24.2 Å². The number of rotatable bonds is 4. The highest BCUT2D eigenvalue weighted by atomic mass is 35.5. The summed E-state index contributed by atoms with van der Waals surface area (Å²) in [5.74, 6) is -1.08. The van der Waals surface area contributed by atoms with Gasteiger partial charge in [0.15, 0.2) is 0 Å². The summed E-state index contributed by atoms with van der Waals surface area (Å²) in [6.07, 6.45) is -2.76. The highest BCUT2D eigenvalue weighted by Gasteiger charge is 2.53. The summed E-state index contributed by atoms with van der Waals surface area (Å²) < 4.78 is 13.2. The lowest BCUT2D eigenvalue weighted by molar-refractivity contribution is -0.149. The van der Waals surface area contributed by atoms with Crippen LogP contribution in [0.15, 0.2) is 0 Å². The third-order valence-corrected chi connectivity index (χ3v) is 3.08. The van der Waals surface area contributed by atoms with Gasteiger partial charge < -0.3 is 10.2 Å². The van der Waals surface area contributed by atoms with E-state index in [0.29, 0.717) is 11.3 Å². The zero-order valence-corrected chi connectivity index (χ0v) is 9.28. The molecule has 0 saturated carbocycles. The lowest BCUT2D eigenvalue weighted by Crippen LogP contribution is -2.52. The minimum absolute atomic E-state index is 0.0402. The van der Waals surface area contributed by atoms with Crippen molar-refractivity contribution in [2.45, 2.75) is 31.0 Å². The first-order valence-corrected chi connectivity index (χ1v) is 5.41. The monoisotopic (exact) mass is 253 g/mol. The van der Waals surface area contributed by atoms with E-state index in [1.165, 1.54) is 0 Å². The first-order valence-electron chi connectivity index (χ1n) is 4.88. The molecule has 0 aliphatic carbocycles. The van der Waals surface area contributed by atoms with Gasteiger partial charge in [-0.25, -0.2) is 14.0 Å². The van der Waals surface area contributed by atoms with Crippen molar-refractivity contribution in [1.29, 1.82) is 0 Å². The summed E-state index contributed by atoms with van der Waals surface area (Å²) in [5, 5.41) is 18.0. The lowest BCUT2D eigenvalue weighted by atomic mass is 9.90. The van der Waals surface area contributed by atoms with E-state index in [-0.39, 0.29) is 25.3 Å². The molecule has 1 aliphatic rings. The average Bonchev–Trinajstić information content (AvgIpc) is 2.54. The fourth-order valence-corrected chi connectivity index (χ4v) is 2.21. The Labute approximate surface area is 96.8 Å². The van der Waals surface area contributed by atoms with E-state index >= 15 is 0 Å². The molecule has 0 radical (unpaired) electrons. The summed E-state index contributed by atoms with van der Waals surface area (Å²) in [7, 11) is 0. The highest BCUT2D eigenvalue weighted by Crippen LogP contribution is 2.35. The second-order valence-electron chi connectivity index (χ2n) is 3.82. The second kappa shape index (κ2) is 4.86. The zero-order chi connectivity index (χ0) is 12.3. The van der Waals surface area contributed by atoms with Gasteiger partial charge in [-0.05, 0) is 12.8 Å². The molecule has 92 valence electrons. The van der Waals surface area contributed by atoms with E-state index in [9.17, 15) is 14.0 Å². The molecule has 2 atom stereocenters. The number of aliphatic carboxylic acids is 1. The number of amides is 1. The maximum atomic E-state index is 13.2. The Morgan fingerprint density at radius 2 is 2.12 bits per heavy atom. The molecule has 0 bridgehead atoms. The fraction of sp³-hybridized carbons (Fsp3) is 0.778. The third-order valence-electron chi connectivity index (χ3n) is 2.81. The van der Waals surface area contributed by atoms with Crippen molar-refractivity contribution in [3.8, 4) is 0 Å². The third kappa shape index (κ3) is 2.21. The Morgan fingerprint density at radius 1 is 1.50 bits per heavy atom. The standard InChI is InChI=1S/C9H13ClFNO4/c10-3-1-2-9(7(13)14)4-6(11)5-12(9)8(15)16/h6H,1-5H2,(H,13,14)(H,15,16). The Morgan fingerprint density at radius 3 is 2.56 bits per heavy atom. The number of carboxylic acids is 1. The van der Waals surface area contributed by atoms with Gasteiger partial charge in [-0.15, -0.1) is 11.6 Å². The van der Waals surface area contributed by atoms with Gasteiger partial charge in [0.1, 0.15) is 11.7 Å². The van der Waals surface area contributed by atoms with Crippen molar-refractivity contribution >= 4 is 23.7 Å². The molecule has 1 heterocycles. The predicted molar refractivity (Wildman–Crippen MR) is 54.6 cm³/mol. The van der Waals surface area contributed by atoms with E-state index in [1.54, 1.807) is 0 Å². The van der Waals surface area contributed by atoms with Crippen molar-refractivity contribution in [3.63, 3.8) is 0 Å². The van der Waals surface area contributed by atoms with Gasteiger partial charge >= 0.3 is 12.1 Å². The first kappa shape index (κ1) is 13.0. The Kier molecular flexibility index (Phi) is 3.96. The van der Waals surface area contributed by atoms with E-state index in [1.807, 2.05) is 0 Å². The Hall–Kier alpha value is -1.04. The molecular weight excluding hydrogens is 241 g/mol. The van der Waals surface area contributed by atoms with Crippen molar-refractivity contribution in [2.24, 2.45) is 0 Å². The quantitative estimate of drug-likeness (QED) is 0.745. The van der Waals surface area contributed by atoms with Crippen LogP contribution in [0.1, 0.15) is 19.3 Å². The Bertz CT molecular complexity index is 301. The number of hydrogen-bond donors (Lipinski definition) is 2. The topological polar surface area (TPSA) is 77.8 Å². The van der Waals surface area contributed by atoms with E-state index in [0.717, 1.165) is 0 Å². The highest BCUT2D eigenvalue weighted by molar-refractivity contribution is 6.17. The van der Waals surface area contributed by atoms with Crippen LogP contribution in [-0.4, -0.2) is 51.3 Å². The molecule has 1 rings (SSSR count). The summed E-state index contributed by atoms with van der Waals surface area (Å²) in [5.41, 5.74) is -1.65. The lowest BCUT2D eigenvalue weighted by Gasteiger charge is -2.32. The summed E-state index contributed by atoms with van der Waals surface area (Å²) in [6, 6.07) is 0. The van der Waals surface area contributed by atoms with Crippen LogP contribution in [-0.2, 0) is 4.79 Å². The maximum Gasteiger partial charge on any atom is 0.408 e. The summed E-state index contributed by atoms with van der Waals surface area (Å²) >= 11 is 5.46. The summed E-state index contributed by atoms with van der Waals surface area (Å²) in [4.78, 5) is 22.7. The average molecular weight is 254 g/mol. The van der Waals surface area contributed by atoms with Gasteiger partial charge in [-0.3, -0.25) is 4.90 Å². The van der Waals surface area contributed by atoms with Crippen LogP contribution < -0.4 is 0 Å². The molecule has 1 saturated heterocycles. The minimum atomic E-state index is -1.65. The minimum Gasteiger partial charge on any atom is -0.479 e. The molecule has 16 heavy (non-hydrogen) atoms. The molecule has 5 nitrogen and oxygen atoms in total. The van der Waals surface area contributed by atoms with Gasteiger partial charge in [-0.2, -0.15) is 0 Å². The molecule has 2 N–H and O–H groups in total. The molecular formula is C9H13ClFNO4. The van der Waals surface area contributed by atoms with Crippen LogP contribution in [0.5, 0.6) is 0 Å². The molecule has 1 amide bonds. The molecule has 1 aliphatic heterocycles. The fourth-order valence-electron chi connectivity index (χ4n) is 2.08. The van der Waals surface area contributed by atoms with Gasteiger partial charge in [0.25, 0.3) is 0 Å². The molecule has 0 spiro atoms. The van der Waals surface area contributed by atoms with E-state index in [2.05, 4.69) is 0 Å². The van der Waals surface area contributed by atoms with Gasteiger partial charge in [0.2, 0.25) is 0 Å². The number of carbonyl (C=O) groups is 2. The summed E-state index contributed by atoms with van der Waals surface area (Å²) in [6.45, 7) is -0.385. The van der Waals surface area contributed by atoms with Crippen LogP contribution in [0.4, 0.5) is 9.18 Å². The van der Waals surface area contributed by atoms with E-state index < -0.39 is 23.8 Å². The number of likely N-dealkylation sites (tertiary alicyclic amines) is 1. The van der Waals surface area contributed by atoms with Gasteiger partial charge in [0, 0.05) is 12.3 Å². The second-order valence-corrected chi connectivity index (χ2v) is 4.20. The van der Waals surface area contributed by atoms with Gasteiger partial charge in [0.05, 0.1) is 6.54 Å². The Balaban J connectivity index is 2.96. The molecule has 7 heteroatoms. The normalized spacial score (nSPS) is 29.4. The van der Waals surface area contributed by atoms with Crippen LogP contribution >= 0.6 is 11.6 Å². The molecule has 0 aromatic carbocycles. The molecule has 0 aromatic rings. The van der Waals surface area contributed by atoms with Crippen LogP contribution in [0.3, 0.4) is 0 Å². The predicted octanol–water partition coefficient (Wildman–Crippen LogP) is 1.55. The van der Waals surface area contributed by atoms with Crippen molar-refractivity contribution in [3.05, 3.63) is 0 Å². The molecule has 1 fully saturated rings. The van der Waals surface area contributed by atoms with E-state index in [4.69, 9.17) is 21.8 Å². The molecule has 2 unspecified atom stereocenters. The van der Waals surface area contributed by atoms with Crippen molar-refractivity contribution in [2.75, 3.05) is 12.4 Å². The first-order chi connectivity index (χ1) is 7.44. The SMILES string of the molecule is O=C(O)N1CC(F)CC1(CCCCl)C(=O)O. The number of carboxylic acid groups (broad SMARTS) is 2. The number of hydrogen-bond acceptors (Lipinski definition) is 2. The maximum absolute atomic E-state index is 13.2. The zero-order valence-electron chi connectivity index (χ0n) is 8.53. The smallest absolute Gasteiger partial charge is 0.408 e. The van der Waals surface area contributed by atoms with Crippen molar-refractivity contribution in [1.82, 2.24) is 4.90 Å². The van der Waals surface area contributed by atoms with Crippen LogP contribution in [0.25, 0.3) is 0 Å². The van der Waals surface area contributed by atoms with Gasteiger partial charge in [-0.1, -0.05) is 0 Å². The van der Waals surface area contributed by atoms with Crippen LogP contribution in [0, 0.1) is 0 Å². The number of nitrogens with zero attached hydrogens (tertiary/aromatic N) is 1. The number of alkyl halides is 2. The molecule has 0 aromatic heterocycles.